The molecule has 3 aromatic rings. The van der Waals surface area contributed by atoms with Gasteiger partial charge in [0.05, 0.1) is 12.2 Å². The van der Waals surface area contributed by atoms with Crippen molar-refractivity contribution in [1.82, 2.24) is 4.57 Å². The van der Waals surface area contributed by atoms with E-state index < -0.39 is 11.0 Å². The maximum Gasteiger partial charge on any atom is 0.293 e. The average molecular weight is 400 g/mol. The van der Waals surface area contributed by atoms with Crippen molar-refractivity contribution in [3.63, 3.8) is 0 Å². The Morgan fingerprint density at radius 3 is 2.43 bits per heavy atom. The van der Waals surface area contributed by atoms with Crippen LogP contribution in [0.4, 0.5) is 0 Å². The van der Waals surface area contributed by atoms with E-state index in [-0.39, 0.29) is 0 Å². The van der Waals surface area contributed by atoms with Gasteiger partial charge in [0.15, 0.2) is 0 Å². The topological polar surface area (TPSA) is 48.3 Å². The molecule has 28 heavy (non-hydrogen) atoms. The molecule has 0 bridgehead atoms. The highest BCUT2D eigenvalue weighted by Gasteiger charge is 2.20. The van der Waals surface area contributed by atoms with Crippen LogP contribution >= 0.6 is 11.6 Å². The number of carbonyl (C=O) groups excluding carboxylic acids is 2. The molecular weight excluding hydrogens is 374 g/mol. The normalized spacial score (nSPS) is 10.3. The van der Waals surface area contributed by atoms with Crippen molar-refractivity contribution in [3.8, 4) is 5.75 Å². The van der Waals surface area contributed by atoms with Crippen molar-refractivity contribution in [1.29, 1.82) is 0 Å². The van der Waals surface area contributed by atoms with E-state index in [1.165, 1.54) is 0 Å². The Morgan fingerprint density at radius 1 is 1.07 bits per heavy atom. The summed E-state index contributed by atoms with van der Waals surface area (Å²) in [7, 11) is 0. The number of aromatic nitrogens is 1. The summed E-state index contributed by atoms with van der Waals surface area (Å²) >= 11 is 5.45. The first-order chi connectivity index (χ1) is 13.6. The summed E-state index contributed by atoms with van der Waals surface area (Å²) in [5, 5.41) is -0.310. The molecule has 1 heterocycles. The minimum atomic E-state index is -0.985. The Morgan fingerprint density at radius 2 is 1.79 bits per heavy atom. The number of unbranched alkanes of at least 4 members (excludes halogenated alkanes) is 1. The third-order valence-electron chi connectivity index (χ3n) is 4.24. The molecule has 0 aliphatic carbocycles. The molecule has 0 amide bonds. The summed E-state index contributed by atoms with van der Waals surface area (Å²) in [6.45, 7) is 7.31. The molecular formula is C23H26ClNO3. The second-order valence-corrected chi connectivity index (χ2v) is 6.48. The summed E-state index contributed by atoms with van der Waals surface area (Å²) in [6, 6.07) is 15.5. The van der Waals surface area contributed by atoms with Gasteiger partial charge in [-0.15, -0.1) is 0 Å². The second kappa shape index (κ2) is 10.7. The number of fused-ring (bicyclic) bond motifs is 1. The molecule has 0 fully saturated rings. The van der Waals surface area contributed by atoms with Gasteiger partial charge in [-0.2, -0.15) is 0 Å². The molecule has 4 nitrogen and oxygen atoms in total. The predicted molar refractivity (Wildman–Crippen MR) is 114 cm³/mol. The summed E-state index contributed by atoms with van der Waals surface area (Å²) in [4.78, 5) is 23.7. The first-order valence-corrected chi connectivity index (χ1v) is 10.0. The molecule has 1 aromatic heterocycles. The van der Waals surface area contributed by atoms with E-state index in [1.807, 2.05) is 60.9 Å². The summed E-state index contributed by atoms with van der Waals surface area (Å²) in [5.74, 6) is -0.0198. The number of carbonyl (C=O) groups is 2. The van der Waals surface area contributed by atoms with Gasteiger partial charge in [-0.25, -0.2) is 0 Å². The van der Waals surface area contributed by atoms with Crippen molar-refractivity contribution < 1.29 is 14.3 Å². The average Bonchev–Trinajstić information content (AvgIpc) is 3.07. The lowest BCUT2D eigenvalue weighted by Gasteiger charge is -2.08. The summed E-state index contributed by atoms with van der Waals surface area (Å²) in [5.41, 5.74) is 2.26. The molecule has 2 aromatic carbocycles. The van der Waals surface area contributed by atoms with E-state index in [2.05, 4.69) is 6.92 Å². The molecule has 0 spiro atoms. The molecule has 0 N–H and O–H groups in total. The highest BCUT2D eigenvalue weighted by Crippen LogP contribution is 2.28. The zero-order valence-corrected chi connectivity index (χ0v) is 17.3. The number of benzene rings is 2. The Balaban J connectivity index is 0.00000136. The maximum atomic E-state index is 12.3. The van der Waals surface area contributed by atoms with Gasteiger partial charge in [-0.1, -0.05) is 57.5 Å². The lowest BCUT2D eigenvalue weighted by atomic mass is 10.1. The van der Waals surface area contributed by atoms with Crippen LogP contribution in [0.3, 0.4) is 0 Å². The highest BCUT2D eigenvalue weighted by atomic mass is 35.5. The lowest BCUT2D eigenvalue weighted by molar-refractivity contribution is -0.108. The molecule has 0 atom stereocenters. The van der Waals surface area contributed by atoms with Crippen LogP contribution < -0.4 is 4.74 Å². The number of nitrogens with zero attached hydrogens (tertiary/aromatic N) is 1. The number of rotatable bonds is 8. The number of ketones is 1. The Hall–Kier alpha value is -2.59. The van der Waals surface area contributed by atoms with E-state index in [0.717, 1.165) is 23.9 Å². The molecule has 5 heteroatoms. The number of hydrogen-bond acceptors (Lipinski definition) is 3. The van der Waals surface area contributed by atoms with E-state index in [4.69, 9.17) is 16.3 Å². The zero-order chi connectivity index (χ0) is 20.5. The fourth-order valence-electron chi connectivity index (χ4n) is 2.90. The minimum Gasteiger partial charge on any atom is -0.494 e. The van der Waals surface area contributed by atoms with Crippen molar-refractivity contribution in [2.45, 2.75) is 40.2 Å². The SMILES string of the molecule is CC.CCCCOc1ccc2c(c1)c(C(=O)C(=O)Cl)cn2Cc1ccccc1. The third kappa shape index (κ3) is 5.23. The third-order valence-corrected chi connectivity index (χ3v) is 4.41. The number of Topliss-reactive ketones (excluding diaryl/α,β-unsaturated/α-hetero) is 1. The molecule has 3 rings (SSSR count). The van der Waals surface area contributed by atoms with Crippen molar-refractivity contribution >= 4 is 33.5 Å². The van der Waals surface area contributed by atoms with Crippen molar-refractivity contribution in [2.24, 2.45) is 0 Å². The second-order valence-electron chi connectivity index (χ2n) is 6.14. The molecule has 0 aliphatic heterocycles. The smallest absolute Gasteiger partial charge is 0.293 e. The first-order valence-electron chi connectivity index (χ1n) is 9.64. The van der Waals surface area contributed by atoms with Crippen LogP contribution in [0.25, 0.3) is 10.9 Å². The van der Waals surface area contributed by atoms with E-state index in [9.17, 15) is 9.59 Å². The monoisotopic (exact) mass is 399 g/mol. The fourth-order valence-corrected chi connectivity index (χ4v) is 3.00. The molecule has 0 saturated carbocycles. The molecule has 0 aliphatic rings. The Bertz CT molecular complexity index is 932. The number of ether oxygens (including phenoxy) is 1. The largest absolute Gasteiger partial charge is 0.494 e. The van der Waals surface area contributed by atoms with Gasteiger partial charge < -0.3 is 9.30 Å². The van der Waals surface area contributed by atoms with Gasteiger partial charge in [0.2, 0.25) is 5.78 Å². The van der Waals surface area contributed by atoms with Gasteiger partial charge in [-0.3, -0.25) is 9.59 Å². The minimum absolute atomic E-state index is 0.303. The maximum absolute atomic E-state index is 12.3. The summed E-state index contributed by atoms with van der Waals surface area (Å²) < 4.78 is 7.69. The first kappa shape index (κ1) is 21.7. The van der Waals surface area contributed by atoms with E-state index >= 15 is 0 Å². The quantitative estimate of drug-likeness (QED) is 0.207. The van der Waals surface area contributed by atoms with Crippen LogP contribution in [0.2, 0.25) is 0 Å². The van der Waals surface area contributed by atoms with E-state index in [0.29, 0.717) is 29.9 Å². The lowest BCUT2D eigenvalue weighted by Crippen LogP contribution is -2.07. The van der Waals surface area contributed by atoms with Crippen LogP contribution in [0, 0.1) is 0 Å². The molecule has 0 unspecified atom stereocenters. The van der Waals surface area contributed by atoms with Crippen LogP contribution in [0.1, 0.15) is 49.5 Å². The Labute approximate surface area is 171 Å². The van der Waals surface area contributed by atoms with Gasteiger partial charge in [0.25, 0.3) is 5.24 Å². The molecule has 0 radical (unpaired) electrons. The van der Waals surface area contributed by atoms with Gasteiger partial charge in [0.1, 0.15) is 5.75 Å². The standard InChI is InChI=1S/C21H20ClNO3.C2H6/c1-2-3-11-26-16-9-10-19-17(12-16)18(20(24)21(22)25)14-23(19)13-15-7-5-4-6-8-15;1-2/h4-10,12,14H,2-3,11,13H2,1H3;1-2H3. The fraction of sp³-hybridized carbons (Fsp3) is 0.304. The highest BCUT2D eigenvalue weighted by molar-refractivity contribution is 6.83. The van der Waals surface area contributed by atoms with Gasteiger partial charge in [0, 0.05) is 23.6 Å². The number of halogens is 1. The van der Waals surface area contributed by atoms with Crippen molar-refractivity contribution in [2.75, 3.05) is 6.61 Å². The molecule has 148 valence electrons. The predicted octanol–water partition coefficient (Wildman–Crippen LogP) is 5.84. The molecule has 0 saturated heterocycles. The van der Waals surface area contributed by atoms with Crippen molar-refractivity contribution in [3.05, 3.63) is 65.9 Å². The summed E-state index contributed by atoms with van der Waals surface area (Å²) in [6.07, 6.45) is 3.69. The zero-order valence-electron chi connectivity index (χ0n) is 16.6. The van der Waals surface area contributed by atoms with Crippen LogP contribution in [-0.4, -0.2) is 22.2 Å². The Kier molecular flexibility index (Phi) is 8.27. The van der Waals surface area contributed by atoms with Gasteiger partial charge >= 0.3 is 0 Å². The van der Waals surface area contributed by atoms with Crippen LogP contribution in [0.5, 0.6) is 5.75 Å². The van der Waals surface area contributed by atoms with Crippen LogP contribution in [0.15, 0.2) is 54.7 Å². The van der Waals surface area contributed by atoms with Crippen LogP contribution in [-0.2, 0) is 11.3 Å². The number of hydrogen-bond donors (Lipinski definition) is 0. The van der Waals surface area contributed by atoms with Gasteiger partial charge in [-0.05, 0) is 41.8 Å². The van der Waals surface area contributed by atoms with E-state index in [1.54, 1.807) is 12.3 Å².